The standard InChI is InChI=1S/C13H17BrN2O2/c1-18-12-8-10(4-5-11(12)14)15-7-6-13(17)16-9-2-3-9/h4-5,8-9,15H,2-3,6-7H2,1H3,(H,16,17). The quantitative estimate of drug-likeness (QED) is 0.848. The average Bonchev–Trinajstić information content (AvgIpc) is 3.15. The first kappa shape index (κ1) is 13.2. The van der Waals surface area contributed by atoms with Gasteiger partial charge in [-0.2, -0.15) is 0 Å². The van der Waals surface area contributed by atoms with E-state index in [4.69, 9.17) is 4.74 Å². The second kappa shape index (κ2) is 6.09. The third-order valence-corrected chi connectivity index (χ3v) is 3.43. The second-order valence-corrected chi connectivity index (χ2v) is 5.22. The van der Waals surface area contributed by atoms with Crippen LogP contribution in [-0.4, -0.2) is 25.6 Å². The van der Waals surface area contributed by atoms with Crippen LogP contribution in [0.25, 0.3) is 0 Å². The van der Waals surface area contributed by atoms with Crippen LogP contribution in [0.4, 0.5) is 5.69 Å². The Morgan fingerprint density at radius 2 is 2.28 bits per heavy atom. The molecule has 0 spiro atoms. The van der Waals surface area contributed by atoms with Crippen LogP contribution in [-0.2, 0) is 4.79 Å². The highest BCUT2D eigenvalue weighted by molar-refractivity contribution is 9.10. The summed E-state index contributed by atoms with van der Waals surface area (Å²) in [6.45, 7) is 0.628. The van der Waals surface area contributed by atoms with Crippen molar-refractivity contribution in [3.63, 3.8) is 0 Å². The Kier molecular flexibility index (Phi) is 4.47. The van der Waals surface area contributed by atoms with Crippen LogP contribution in [0.1, 0.15) is 19.3 Å². The molecule has 5 heteroatoms. The molecule has 1 aromatic carbocycles. The van der Waals surface area contributed by atoms with Gasteiger partial charge in [-0.3, -0.25) is 4.79 Å². The summed E-state index contributed by atoms with van der Waals surface area (Å²) >= 11 is 3.40. The maximum Gasteiger partial charge on any atom is 0.221 e. The van der Waals surface area contributed by atoms with E-state index in [2.05, 4.69) is 26.6 Å². The minimum Gasteiger partial charge on any atom is -0.495 e. The Morgan fingerprint density at radius 3 is 2.94 bits per heavy atom. The molecule has 0 aliphatic heterocycles. The largest absolute Gasteiger partial charge is 0.495 e. The number of methoxy groups -OCH3 is 1. The smallest absolute Gasteiger partial charge is 0.221 e. The minimum atomic E-state index is 0.120. The molecule has 2 N–H and O–H groups in total. The van der Waals surface area contributed by atoms with Gasteiger partial charge in [0.25, 0.3) is 0 Å². The summed E-state index contributed by atoms with van der Waals surface area (Å²) in [6, 6.07) is 6.21. The van der Waals surface area contributed by atoms with Gasteiger partial charge in [-0.25, -0.2) is 0 Å². The summed E-state index contributed by atoms with van der Waals surface area (Å²) < 4.78 is 6.13. The lowest BCUT2D eigenvalue weighted by atomic mass is 10.3. The molecule has 0 aromatic heterocycles. The van der Waals surface area contributed by atoms with E-state index in [1.807, 2.05) is 18.2 Å². The van der Waals surface area contributed by atoms with Crippen LogP contribution in [0.2, 0.25) is 0 Å². The van der Waals surface area contributed by atoms with Crippen molar-refractivity contribution >= 4 is 27.5 Å². The molecule has 2 rings (SSSR count). The van der Waals surface area contributed by atoms with Gasteiger partial charge >= 0.3 is 0 Å². The van der Waals surface area contributed by atoms with Crippen molar-refractivity contribution in [3.8, 4) is 5.75 Å². The van der Waals surface area contributed by atoms with Crippen molar-refractivity contribution in [1.82, 2.24) is 5.32 Å². The van der Waals surface area contributed by atoms with Crippen LogP contribution in [0.5, 0.6) is 5.75 Å². The van der Waals surface area contributed by atoms with Crippen LogP contribution in [0, 0.1) is 0 Å². The van der Waals surface area contributed by atoms with E-state index >= 15 is 0 Å². The number of halogens is 1. The van der Waals surface area contributed by atoms with Gasteiger partial charge in [-0.15, -0.1) is 0 Å². The van der Waals surface area contributed by atoms with Crippen molar-refractivity contribution < 1.29 is 9.53 Å². The highest BCUT2D eigenvalue weighted by Crippen LogP contribution is 2.27. The Labute approximate surface area is 115 Å². The Balaban J connectivity index is 1.76. The summed E-state index contributed by atoms with van der Waals surface area (Å²) in [6.07, 6.45) is 2.75. The third kappa shape index (κ3) is 3.91. The predicted molar refractivity (Wildman–Crippen MR) is 75.0 cm³/mol. The Hall–Kier alpha value is -1.23. The van der Waals surface area contributed by atoms with E-state index in [9.17, 15) is 4.79 Å². The summed E-state index contributed by atoms with van der Waals surface area (Å²) in [5, 5.41) is 6.17. The number of benzene rings is 1. The fraction of sp³-hybridized carbons (Fsp3) is 0.462. The number of carbonyl (C=O) groups is 1. The zero-order valence-corrected chi connectivity index (χ0v) is 11.9. The summed E-state index contributed by atoms with van der Waals surface area (Å²) in [7, 11) is 1.63. The molecule has 1 aromatic rings. The van der Waals surface area contributed by atoms with E-state index in [1.165, 1.54) is 0 Å². The summed E-state index contributed by atoms with van der Waals surface area (Å²) in [5.74, 6) is 0.900. The normalized spacial score (nSPS) is 14.1. The highest BCUT2D eigenvalue weighted by atomic mass is 79.9. The number of hydrogen-bond acceptors (Lipinski definition) is 3. The second-order valence-electron chi connectivity index (χ2n) is 4.37. The molecular formula is C13H17BrN2O2. The van der Waals surface area contributed by atoms with E-state index in [-0.39, 0.29) is 5.91 Å². The van der Waals surface area contributed by atoms with Gasteiger partial charge in [-0.05, 0) is 40.9 Å². The molecule has 1 aliphatic rings. The fourth-order valence-electron chi connectivity index (χ4n) is 1.62. The number of hydrogen-bond donors (Lipinski definition) is 2. The minimum absolute atomic E-state index is 0.120. The van der Waals surface area contributed by atoms with Crippen LogP contribution in [0.15, 0.2) is 22.7 Å². The van der Waals surface area contributed by atoms with Gasteiger partial charge in [-0.1, -0.05) is 0 Å². The SMILES string of the molecule is COc1cc(NCCC(=O)NC2CC2)ccc1Br. The number of carbonyl (C=O) groups excluding carboxylic acids is 1. The number of nitrogens with one attached hydrogen (secondary N) is 2. The van der Waals surface area contributed by atoms with Crippen LogP contribution >= 0.6 is 15.9 Å². The molecule has 0 unspecified atom stereocenters. The van der Waals surface area contributed by atoms with Crippen molar-refractivity contribution in [2.75, 3.05) is 19.0 Å². The number of anilines is 1. The fourth-order valence-corrected chi connectivity index (χ4v) is 2.03. The lowest BCUT2D eigenvalue weighted by Crippen LogP contribution is -2.27. The monoisotopic (exact) mass is 312 g/mol. The first-order valence-corrected chi connectivity index (χ1v) is 6.85. The molecule has 1 saturated carbocycles. The van der Waals surface area contributed by atoms with E-state index < -0.39 is 0 Å². The zero-order chi connectivity index (χ0) is 13.0. The van der Waals surface area contributed by atoms with Crippen molar-refractivity contribution in [3.05, 3.63) is 22.7 Å². The maximum atomic E-state index is 11.5. The molecule has 0 radical (unpaired) electrons. The van der Waals surface area contributed by atoms with Gasteiger partial charge in [0.05, 0.1) is 11.6 Å². The molecule has 98 valence electrons. The lowest BCUT2D eigenvalue weighted by Gasteiger charge is -2.09. The first-order valence-electron chi connectivity index (χ1n) is 6.06. The van der Waals surface area contributed by atoms with Gasteiger partial charge in [0, 0.05) is 30.8 Å². The molecule has 4 nitrogen and oxygen atoms in total. The third-order valence-electron chi connectivity index (χ3n) is 2.77. The average molecular weight is 313 g/mol. The number of rotatable bonds is 6. The van der Waals surface area contributed by atoms with E-state index in [0.29, 0.717) is 19.0 Å². The zero-order valence-electron chi connectivity index (χ0n) is 10.3. The molecule has 18 heavy (non-hydrogen) atoms. The lowest BCUT2D eigenvalue weighted by molar-refractivity contribution is -0.120. The van der Waals surface area contributed by atoms with Crippen LogP contribution < -0.4 is 15.4 Å². The van der Waals surface area contributed by atoms with E-state index in [1.54, 1.807) is 7.11 Å². The Bertz CT molecular complexity index is 433. The van der Waals surface area contributed by atoms with Gasteiger partial charge in [0.15, 0.2) is 0 Å². The molecule has 1 fully saturated rings. The molecule has 0 saturated heterocycles. The van der Waals surface area contributed by atoms with E-state index in [0.717, 1.165) is 28.8 Å². The maximum absolute atomic E-state index is 11.5. The number of ether oxygens (including phenoxy) is 1. The van der Waals surface area contributed by atoms with Crippen LogP contribution in [0.3, 0.4) is 0 Å². The molecule has 0 heterocycles. The number of amides is 1. The van der Waals surface area contributed by atoms with Crippen molar-refractivity contribution in [1.29, 1.82) is 0 Å². The molecule has 0 atom stereocenters. The molecule has 1 aliphatic carbocycles. The van der Waals surface area contributed by atoms with Gasteiger partial charge in [0.1, 0.15) is 5.75 Å². The summed E-state index contributed by atoms with van der Waals surface area (Å²) in [5.41, 5.74) is 0.953. The van der Waals surface area contributed by atoms with Crippen molar-refractivity contribution in [2.45, 2.75) is 25.3 Å². The Morgan fingerprint density at radius 1 is 1.50 bits per heavy atom. The predicted octanol–water partition coefficient (Wildman–Crippen LogP) is 2.54. The molecular weight excluding hydrogens is 296 g/mol. The molecule has 0 bridgehead atoms. The van der Waals surface area contributed by atoms with Crippen molar-refractivity contribution in [2.24, 2.45) is 0 Å². The summed E-state index contributed by atoms with van der Waals surface area (Å²) in [4.78, 5) is 11.5. The highest BCUT2D eigenvalue weighted by Gasteiger charge is 2.22. The first-order chi connectivity index (χ1) is 8.69. The molecule has 1 amide bonds. The van der Waals surface area contributed by atoms with Gasteiger partial charge in [0.2, 0.25) is 5.91 Å². The van der Waals surface area contributed by atoms with Gasteiger partial charge < -0.3 is 15.4 Å². The topological polar surface area (TPSA) is 50.4 Å².